The first kappa shape index (κ1) is 20.9. The Kier molecular flexibility index (Phi) is 7.82. The van der Waals surface area contributed by atoms with E-state index in [1.807, 2.05) is 11.9 Å². The van der Waals surface area contributed by atoms with Gasteiger partial charge in [-0.05, 0) is 37.3 Å². The molecule has 1 N–H and O–H groups in total. The van der Waals surface area contributed by atoms with Crippen molar-refractivity contribution in [2.75, 3.05) is 26.7 Å². The molecule has 6 nitrogen and oxygen atoms in total. The van der Waals surface area contributed by atoms with Crippen LogP contribution in [0.15, 0.2) is 24.3 Å². The Labute approximate surface area is 161 Å². The number of carboxylic acids is 1. The van der Waals surface area contributed by atoms with Crippen LogP contribution >= 0.6 is 0 Å². The molecular formula is C21H30N2O4. The number of carboxylic acid groups (broad SMARTS) is 1. The van der Waals surface area contributed by atoms with Gasteiger partial charge in [0.15, 0.2) is 0 Å². The Hall–Kier alpha value is -2.37. The second-order valence-electron chi connectivity index (χ2n) is 7.23. The lowest BCUT2D eigenvalue weighted by Crippen LogP contribution is -2.43. The van der Waals surface area contributed by atoms with E-state index in [1.54, 1.807) is 29.2 Å². The first-order chi connectivity index (χ1) is 12.9. The summed E-state index contributed by atoms with van der Waals surface area (Å²) in [5, 5.41) is 9.23. The number of hydrogen-bond donors (Lipinski definition) is 1. The summed E-state index contributed by atoms with van der Waals surface area (Å²) in [7, 11) is 1.86. The number of nitrogens with zero attached hydrogens (tertiary/aromatic N) is 2. The molecule has 1 aromatic rings. The Morgan fingerprint density at radius 1 is 1.19 bits per heavy atom. The molecular weight excluding hydrogens is 344 g/mol. The molecule has 6 heteroatoms. The number of hydrogen-bond acceptors (Lipinski definition) is 3. The molecule has 1 aliphatic rings. The highest BCUT2D eigenvalue weighted by Crippen LogP contribution is 2.21. The lowest BCUT2D eigenvalue weighted by molar-refractivity contribution is -0.139. The quantitative estimate of drug-likeness (QED) is 0.759. The van der Waals surface area contributed by atoms with Crippen LogP contribution < -0.4 is 0 Å². The summed E-state index contributed by atoms with van der Waals surface area (Å²) in [6.45, 7) is 4.09. The van der Waals surface area contributed by atoms with Crippen molar-refractivity contribution in [3.63, 3.8) is 0 Å². The molecule has 1 heterocycles. The summed E-state index contributed by atoms with van der Waals surface area (Å²) >= 11 is 0. The Morgan fingerprint density at radius 2 is 1.85 bits per heavy atom. The fraction of sp³-hybridized carbons (Fsp3) is 0.571. The highest BCUT2D eigenvalue weighted by Gasteiger charge is 2.28. The molecule has 1 aromatic carbocycles. The Balaban J connectivity index is 1.81. The van der Waals surface area contributed by atoms with Crippen LogP contribution in [0.25, 0.3) is 0 Å². The molecule has 1 saturated heterocycles. The summed E-state index contributed by atoms with van der Waals surface area (Å²) in [5.41, 5.74) is 0.936. The van der Waals surface area contributed by atoms with Gasteiger partial charge >= 0.3 is 5.97 Å². The molecule has 0 radical (unpaired) electrons. The second kappa shape index (κ2) is 10.1. The molecule has 148 valence electrons. The number of piperidine rings is 1. The van der Waals surface area contributed by atoms with E-state index in [4.69, 9.17) is 0 Å². The molecule has 2 amide bonds. The zero-order valence-electron chi connectivity index (χ0n) is 16.3. The zero-order chi connectivity index (χ0) is 19.8. The normalized spacial score (nSPS) is 14.8. The molecule has 0 unspecified atom stereocenters. The average molecular weight is 374 g/mol. The highest BCUT2D eigenvalue weighted by molar-refractivity contribution is 5.89. The first-order valence-corrected chi connectivity index (χ1v) is 9.78. The lowest BCUT2D eigenvalue weighted by Gasteiger charge is -2.33. The van der Waals surface area contributed by atoms with Crippen molar-refractivity contribution in [3.8, 4) is 0 Å². The van der Waals surface area contributed by atoms with Crippen molar-refractivity contribution >= 4 is 17.8 Å². The molecule has 0 saturated carbocycles. The molecule has 1 aliphatic heterocycles. The molecule has 0 atom stereocenters. The predicted molar refractivity (Wildman–Crippen MR) is 104 cm³/mol. The number of rotatable bonds is 8. The fourth-order valence-electron chi connectivity index (χ4n) is 3.54. The van der Waals surface area contributed by atoms with Gasteiger partial charge in [0.2, 0.25) is 11.8 Å². The Bertz CT molecular complexity index is 666. The molecule has 27 heavy (non-hydrogen) atoms. The van der Waals surface area contributed by atoms with Gasteiger partial charge < -0.3 is 14.9 Å². The largest absolute Gasteiger partial charge is 0.478 e. The fourth-order valence-corrected chi connectivity index (χ4v) is 3.54. The highest BCUT2D eigenvalue weighted by atomic mass is 16.4. The number of carbonyl (C=O) groups is 3. The second-order valence-corrected chi connectivity index (χ2v) is 7.23. The smallest absolute Gasteiger partial charge is 0.335 e. The summed E-state index contributed by atoms with van der Waals surface area (Å²) in [6, 6.07) is 6.80. The molecule has 0 spiro atoms. The third-order valence-electron chi connectivity index (χ3n) is 5.28. The van der Waals surface area contributed by atoms with Crippen molar-refractivity contribution in [1.29, 1.82) is 0 Å². The van der Waals surface area contributed by atoms with Gasteiger partial charge in [0.25, 0.3) is 0 Å². The number of likely N-dealkylation sites (tertiary alicyclic amines) is 1. The maximum absolute atomic E-state index is 12.5. The standard InChI is InChI=1S/C21H30N2O4/c1-3-4-13-22(2)20(25)17-11-14-23(15-12-17)19(24)10-9-16-7-5-6-8-18(16)21(26)27/h5-8,17H,3-4,9-15H2,1-2H3,(H,26,27). The van der Waals surface area contributed by atoms with E-state index in [2.05, 4.69) is 6.92 Å². The molecule has 1 fully saturated rings. The predicted octanol–water partition coefficient (Wildman–Crippen LogP) is 2.81. The van der Waals surface area contributed by atoms with Crippen molar-refractivity contribution in [2.24, 2.45) is 5.92 Å². The number of amides is 2. The van der Waals surface area contributed by atoms with E-state index in [-0.39, 0.29) is 23.3 Å². The minimum absolute atomic E-state index is 0.00337. The van der Waals surface area contributed by atoms with Crippen molar-refractivity contribution in [3.05, 3.63) is 35.4 Å². The number of carbonyl (C=O) groups excluding carboxylic acids is 2. The van der Waals surface area contributed by atoms with Gasteiger partial charge in [0.05, 0.1) is 5.56 Å². The lowest BCUT2D eigenvalue weighted by atomic mass is 9.94. The molecule has 2 rings (SSSR count). The van der Waals surface area contributed by atoms with Crippen LogP contribution in [0.5, 0.6) is 0 Å². The number of aryl methyl sites for hydroxylation is 1. The van der Waals surface area contributed by atoms with E-state index in [0.717, 1.165) is 19.4 Å². The average Bonchev–Trinajstić information content (AvgIpc) is 2.69. The van der Waals surface area contributed by atoms with Gasteiger partial charge in [-0.2, -0.15) is 0 Å². The van der Waals surface area contributed by atoms with E-state index in [0.29, 0.717) is 44.3 Å². The number of benzene rings is 1. The summed E-state index contributed by atoms with van der Waals surface area (Å²) in [6.07, 6.45) is 4.19. The topological polar surface area (TPSA) is 77.9 Å². The van der Waals surface area contributed by atoms with E-state index in [1.165, 1.54) is 0 Å². The monoisotopic (exact) mass is 374 g/mol. The maximum atomic E-state index is 12.5. The minimum atomic E-state index is -0.968. The van der Waals surface area contributed by atoms with E-state index < -0.39 is 5.97 Å². The molecule has 0 aromatic heterocycles. The van der Waals surface area contributed by atoms with Crippen molar-refractivity contribution < 1.29 is 19.5 Å². The minimum Gasteiger partial charge on any atom is -0.478 e. The number of unbranched alkanes of at least 4 members (excludes halogenated alkanes) is 1. The van der Waals surface area contributed by atoms with Gasteiger partial charge in [-0.15, -0.1) is 0 Å². The first-order valence-electron chi connectivity index (χ1n) is 9.78. The van der Waals surface area contributed by atoms with Crippen LogP contribution in [0.3, 0.4) is 0 Å². The van der Waals surface area contributed by atoms with Crippen LogP contribution in [0.2, 0.25) is 0 Å². The van der Waals surface area contributed by atoms with Crippen LogP contribution in [-0.2, 0) is 16.0 Å². The zero-order valence-corrected chi connectivity index (χ0v) is 16.3. The van der Waals surface area contributed by atoms with Gasteiger partial charge in [-0.25, -0.2) is 4.79 Å². The third kappa shape index (κ3) is 5.81. The summed E-state index contributed by atoms with van der Waals surface area (Å²) < 4.78 is 0. The summed E-state index contributed by atoms with van der Waals surface area (Å²) in [4.78, 5) is 39.8. The van der Waals surface area contributed by atoms with Gasteiger partial charge in [-0.3, -0.25) is 9.59 Å². The van der Waals surface area contributed by atoms with Crippen molar-refractivity contribution in [2.45, 2.75) is 45.4 Å². The van der Waals surface area contributed by atoms with E-state index in [9.17, 15) is 19.5 Å². The molecule has 0 aliphatic carbocycles. The van der Waals surface area contributed by atoms with Crippen LogP contribution in [0, 0.1) is 5.92 Å². The molecule has 0 bridgehead atoms. The Morgan fingerprint density at radius 3 is 2.48 bits per heavy atom. The van der Waals surface area contributed by atoms with E-state index >= 15 is 0 Å². The maximum Gasteiger partial charge on any atom is 0.335 e. The van der Waals surface area contributed by atoms with Crippen LogP contribution in [0.1, 0.15) is 54.9 Å². The number of aromatic carboxylic acids is 1. The van der Waals surface area contributed by atoms with Gasteiger partial charge in [-0.1, -0.05) is 31.5 Å². The summed E-state index contributed by atoms with van der Waals surface area (Å²) in [5.74, 6) is -0.750. The van der Waals surface area contributed by atoms with Crippen LogP contribution in [0.4, 0.5) is 0 Å². The van der Waals surface area contributed by atoms with Crippen LogP contribution in [-0.4, -0.2) is 59.4 Å². The third-order valence-corrected chi connectivity index (χ3v) is 5.28. The van der Waals surface area contributed by atoms with Gasteiger partial charge in [0.1, 0.15) is 0 Å². The van der Waals surface area contributed by atoms with Gasteiger partial charge in [0, 0.05) is 39.0 Å². The SMILES string of the molecule is CCCCN(C)C(=O)C1CCN(C(=O)CCc2ccccc2C(=O)O)CC1. The van der Waals surface area contributed by atoms with Crippen molar-refractivity contribution in [1.82, 2.24) is 9.80 Å².